The SMILES string of the molecule is O=C(O)C1CC=CCC(CCCCCCC2C=C(CO)CC2)C(c2ccc(O)cc2)Cc2ccc3c(c2)C12CC1C(O)=c4ccccc4=CC1CC2C=C3. The Morgan fingerprint density at radius 2 is 1.65 bits per heavy atom. The third-order valence-electron chi connectivity index (χ3n) is 14.0. The number of aromatic hydroxyl groups is 1. The first-order valence-electron chi connectivity index (χ1n) is 20.6. The van der Waals surface area contributed by atoms with Crippen molar-refractivity contribution in [1.82, 2.24) is 0 Å². The molecule has 2 bridgehead atoms. The Morgan fingerprint density at radius 3 is 2.44 bits per heavy atom. The maximum absolute atomic E-state index is 13.6. The number of phenols is 1. The first kappa shape index (κ1) is 36.6. The van der Waals surface area contributed by atoms with E-state index in [4.69, 9.17) is 0 Å². The van der Waals surface area contributed by atoms with Gasteiger partial charge in [0.1, 0.15) is 11.5 Å². The summed E-state index contributed by atoms with van der Waals surface area (Å²) in [5.41, 5.74) is 5.23. The summed E-state index contributed by atoms with van der Waals surface area (Å²) in [6.45, 7) is 0.202. The molecular weight excluding hydrogens is 669 g/mol. The number of unbranched alkanes of at least 4 members (excludes halogenated alkanes) is 3. The Kier molecular flexibility index (Phi) is 10.7. The quantitative estimate of drug-likeness (QED) is 0.124. The van der Waals surface area contributed by atoms with Crippen molar-refractivity contribution < 1.29 is 25.2 Å². The predicted octanol–water partition coefficient (Wildman–Crippen LogP) is 9.12. The van der Waals surface area contributed by atoms with E-state index in [-0.39, 0.29) is 36.0 Å². The molecule has 54 heavy (non-hydrogen) atoms. The normalized spacial score (nSPS) is 29.8. The van der Waals surface area contributed by atoms with Gasteiger partial charge in [0.15, 0.2) is 0 Å². The molecule has 0 aliphatic heterocycles. The number of hydrogen-bond donors (Lipinski definition) is 4. The monoisotopic (exact) mass is 724 g/mol. The molecule has 5 aliphatic rings. The minimum Gasteiger partial charge on any atom is -0.511 e. The summed E-state index contributed by atoms with van der Waals surface area (Å²) in [6.07, 6.45) is 26.4. The van der Waals surface area contributed by atoms with Crippen LogP contribution < -0.4 is 10.4 Å². The average molecular weight is 725 g/mol. The molecule has 0 amide bonds. The zero-order valence-electron chi connectivity index (χ0n) is 31.5. The first-order chi connectivity index (χ1) is 26.3. The van der Waals surface area contributed by atoms with Gasteiger partial charge in [-0.2, -0.15) is 0 Å². The second-order valence-corrected chi connectivity index (χ2v) is 17.0. The largest absolute Gasteiger partial charge is 0.511 e. The molecule has 0 aromatic heterocycles. The maximum atomic E-state index is 13.6. The Morgan fingerprint density at radius 1 is 0.852 bits per heavy atom. The van der Waals surface area contributed by atoms with Crippen molar-refractivity contribution >= 4 is 23.9 Å². The van der Waals surface area contributed by atoms with Gasteiger partial charge in [-0.15, -0.1) is 0 Å². The number of aliphatic hydroxyl groups is 2. The number of hydrogen-bond acceptors (Lipinski definition) is 4. The number of phenolic OH excluding ortho intramolecular Hbond substituents is 1. The third-order valence-corrected chi connectivity index (χ3v) is 14.0. The molecule has 1 saturated carbocycles. The highest BCUT2D eigenvalue weighted by molar-refractivity contribution is 5.76. The molecule has 8 unspecified atom stereocenters. The van der Waals surface area contributed by atoms with Crippen LogP contribution in [0.4, 0.5) is 0 Å². The molecule has 8 rings (SSSR count). The van der Waals surface area contributed by atoms with Gasteiger partial charge in [-0.05, 0) is 133 Å². The van der Waals surface area contributed by atoms with Crippen molar-refractivity contribution in [2.75, 3.05) is 6.61 Å². The number of benzene rings is 3. The number of carboxylic acid groups (broad SMARTS) is 1. The minimum absolute atomic E-state index is 0.0373. The van der Waals surface area contributed by atoms with E-state index < -0.39 is 17.3 Å². The molecule has 5 heteroatoms. The van der Waals surface area contributed by atoms with Crippen LogP contribution in [-0.2, 0) is 16.6 Å². The molecule has 0 heterocycles. The summed E-state index contributed by atoms with van der Waals surface area (Å²) >= 11 is 0. The summed E-state index contributed by atoms with van der Waals surface area (Å²) in [7, 11) is 0. The first-order valence-corrected chi connectivity index (χ1v) is 20.6. The molecule has 1 fully saturated rings. The summed E-state index contributed by atoms with van der Waals surface area (Å²) in [5, 5.41) is 44.6. The third kappa shape index (κ3) is 7.12. The van der Waals surface area contributed by atoms with Gasteiger partial charge in [0.25, 0.3) is 0 Å². The van der Waals surface area contributed by atoms with Crippen LogP contribution in [0.1, 0.15) is 105 Å². The molecule has 5 nitrogen and oxygen atoms in total. The van der Waals surface area contributed by atoms with Gasteiger partial charge in [0, 0.05) is 16.6 Å². The van der Waals surface area contributed by atoms with Crippen molar-refractivity contribution in [3.05, 3.63) is 129 Å². The van der Waals surface area contributed by atoms with Crippen LogP contribution in [0.25, 0.3) is 17.9 Å². The molecule has 0 radical (unpaired) electrons. The number of aliphatic hydroxyl groups excluding tert-OH is 2. The molecule has 1 spiro atoms. The van der Waals surface area contributed by atoms with E-state index in [0.717, 1.165) is 60.1 Å². The van der Waals surface area contributed by atoms with E-state index in [2.05, 4.69) is 72.9 Å². The summed E-state index contributed by atoms with van der Waals surface area (Å²) in [4.78, 5) is 13.6. The topological polar surface area (TPSA) is 98.0 Å². The molecule has 4 N–H and O–H groups in total. The fourth-order valence-electron chi connectivity index (χ4n) is 11.2. The lowest BCUT2D eigenvalue weighted by atomic mass is 9.49. The molecule has 8 atom stereocenters. The van der Waals surface area contributed by atoms with Crippen LogP contribution in [0.15, 0.2) is 96.6 Å². The van der Waals surface area contributed by atoms with Crippen molar-refractivity contribution in [3.63, 3.8) is 0 Å². The van der Waals surface area contributed by atoms with Crippen molar-refractivity contribution in [1.29, 1.82) is 0 Å². The number of rotatable bonds is 10. The van der Waals surface area contributed by atoms with Gasteiger partial charge >= 0.3 is 5.97 Å². The van der Waals surface area contributed by atoms with E-state index in [1.165, 1.54) is 48.8 Å². The summed E-state index contributed by atoms with van der Waals surface area (Å²) < 4.78 is 0. The lowest BCUT2D eigenvalue weighted by Crippen LogP contribution is -2.54. The van der Waals surface area contributed by atoms with Gasteiger partial charge in [0.05, 0.1) is 12.5 Å². The fraction of sp³-hybridized carbons (Fsp3) is 0.449. The summed E-state index contributed by atoms with van der Waals surface area (Å²) in [5.74, 6) is 0.578. The van der Waals surface area contributed by atoms with E-state index in [1.807, 2.05) is 30.3 Å². The molecule has 282 valence electrons. The van der Waals surface area contributed by atoms with E-state index in [9.17, 15) is 25.2 Å². The van der Waals surface area contributed by atoms with Gasteiger partial charge < -0.3 is 20.4 Å². The van der Waals surface area contributed by atoms with Crippen LogP contribution >= 0.6 is 0 Å². The Bertz CT molecular complexity index is 2060. The van der Waals surface area contributed by atoms with Gasteiger partial charge in [-0.1, -0.05) is 117 Å². The van der Waals surface area contributed by atoms with E-state index in [1.54, 1.807) is 0 Å². The highest BCUT2D eigenvalue weighted by Gasteiger charge is 2.56. The number of allylic oxidation sites excluding steroid dienone is 4. The van der Waals surface area contributed by atoms with Crippen LogP contribution in [0.3, 0.4) is 0 Å². The second kappa shape index (κ2) is 15.8. The standard InChI is InChI=1S/C49H56O5/c50-31-34-16-15-32(25-34)9-3-1-2-4-10-35-11-6-8-14-45(48(53)54)49-30-44-39(28-38-12-5-7-13-42(38)47(44)52)29-40(49)22-19-37-18-17-33(27-46(37)49)26-43(35)36-20-23-41(51)24-21-36/h5-8,12-13,17-25,27-28,32,35,39-40,43-45,50-52H,1-4,9-11,14-16,26,29-31H2,(H,53,54). The summed E-state index contributed by atoms with van der Waals surface area (Å²) in [6, 6.07) is 22.7. The maximum Gasteiger partial charge on any atom is 0.307 e. The zero-order chi connectivity index (χ0) is 37.2. The zero-order valence-corrected chi connectivity index (χ0v) is 31.5. The van der Waals surface area contributed by atoms with Crippen LogP contribution in [0, 0.1) is 35.5 Å². The Labute approximate surface area is 320 Å². The number of carbonyl (C=O) groups is 1. The highest BCUT2D eigenvalue weighted by Crippen LogP contribution is 2.59. The average Bonchev–Trinajstić information content (AvgIpc) is 3.65. The molecule has 0 saturated heterocycles. The van der Waals surface area contributed by atoms with Crippen LogP contribution in [0.5, 0.6) is 5.75 Å². The van der Waals surface area contributed by atoms with E-state index >= 15 is 0 Å². The van der Waals surface area contributed by atoms with Crippen molar-refractivity contribution in [2.24, 2.45) is 35.5 Å². The van der Waals surface area contributed by atoms with Gasteiger partial charge in [0.2, 0.25) is 0 Å². The minimum atomic E-state index is -0.759. The van der Waals surface area contributed by atoms with Gasteiger partial charge in [-0.3, -0.25) is 4.79 Å². The van der Waals surface area contributed by atoms with Crippen molar-refractivity contribution in [2.45, 2.75) is 94.8 Å². The fourth-order valence-corrected chi connectivity index (χ4v) is 11.2. The van der Waals surface area contributed by atoms with Gasteiger partial charge in [-0.25, -0.2) is 0 Å². The lowest BCUT2D eigenvalue weighted by molar-refractivity contribution is -0.146. The van der Waals surface area contributed by atoms with E-state index in [0.29, 0.717) is 30.4 Å². The number of carboxylic acids is 1. The predicted molar refractivity (Wildman–Crippen MR) is 216 cm³/mol. The number of aliphatic carboxylic acids is 1. The van der Waals surface area contributed by atoms with Crippen LogP contribution in [-0.4, -0.2) is 33.0 Å². The lowest BCUT2D eigenvalue weighted by Gasteiger charge is -2.54. The Hall–Kier alpha value is -4.35. The highest BCUT2D eigenvalue weighted by atomic mass is 16.4. The van der Waals surface area contributed by atoms with Crippen molar-refractivity contribution in [3.8, 4) is 5.75 Å². The molecular formula is C49H56O5. The molecule has 5 aliphatic carbocycles. The Balaban J connectivity index is 1.11. The second-order valence-electron chi connectivity index (χ2n) is 17.0. The van der Waals surface area contributed by atoms with Crippen LogP contribution in [0.2, 0.25) is 0 Å². The number of fused-ring (bicyclic) bond motifs is 3. The molecule has 3 aromatic rings. The smallest absolute Gasteiger partial charge is 0.307 e. The molecule has 3 aromatic carbocycles.